The summed E-state index contributed by atoms with van der Waals surface area (Å²) < 4.78 is 0. The van der Waals surface area contributed by atoms with Gasteiger partial charge in [-0.05, 0) is 19.8 Å². The van der Waals surface area contributed by atoms with Crippen LogP contribution in [0.1, 0.15) is 19.8 Å². The molecule has 102 valence electrons. The summed E-state index contributed by atoms with van der Waals surface area (Å²) >= 11 is 0. The van der Waals surface area contributed by atoms with E-state index in [1.54, 1.807) is 4.90 Å². The number of nitrogens with one attached hydrogen (secondary N) is 1. The second-order valence-corrected chi connectivity index (χ2v) is 4.64. The Kier molecular flexibility index (Phi) is 4.75. The third-order valence-electron chi connectivity index (χ3n) is 3.25. The summed E-state index contributed by atoms with van der Waals surface area (Å²) in [5.41, 5.74) is 9.74. The first-order chi connectivity index (χ1) is 8.41. The molecule has 1 fully saturated rings. The molecule has 0 radical (unpaired) electrons. The number of carbonyl (C=O) groups excluding carboxylic acids is 1. The Morgan fingerprint density at radius 3 is 2.61 bits per heavy atom. The lowest BCUT2D eigenvalue weighted by Gasteiger charge is -2.33. The molecule has 0 aromatic carbocycles. The van der Waals surface area contributed by atoms with Crippen LogP contribution in [0.3, 0.4) is 0 Å². The minimum Gasteiger partial charge on any atom is -0.403 e. The summed E-state index contributed by atoms with van der Waals surface area (Å²) in [4.78, 5) is 13.8. The van der Waals surface area contributed by atoms with Gasteiger partial charge in [0.2, 0.25) is 5.91 Å². The highest BCUT2D eigenvalue weighted by atomic mass is 16.3. The molecule has 6 heteroatoms. The van der Waals surface area contributed by atoms with Gasteiger partial charge in [-0.15, -0.1) is 0 Å². The number of hydrogen-bond acceptors (Lipinski definition) is 5. The van der Waals surface area contributed by atoms with Gasteiger partial charge < -0.3 is 26.8 Å². The van der Waals surface area contributed by atoms with E-state index in [2.05, 4.69) is 11.9 Å². The van der Waals surface area contributed by atoms with E-state index >= 15 is 0 Å². The summed E-state index contributed by atoms with van der Waals surface area (Å²) in [5, 5.41) is 13.0. The van der Waals surface area contributed by atoms with Crippen molar-refractivity contribution in [2.45, 2.75) is 31.4 Å². The highest BCUT2D eigenvalue weighted by molar-refractivity contribution is 5.83. The van der Waals surface area contributed by atoms with Crippen LogP contribution in [0.5, 0.6) is 0 Å². The molecule has 1 aliphatic heterocycles. The van der Waals surface area contributed by atoms with Crippen molar-refractivity contribution >= 4 is 5.91 Å². The van der Waals surface area contributed by atoms with Crippen molar-refractivity contribution in [2.75, 3.05) is 13.1 Å². The van der Waals surface area contributed by atoms with Gasteiger partial charge in [0.25, 0.3) is 0 Å². The fourth-order valence-electron chi connectivity index (χ4n) is 1.86. The Bertz CT molecular complexity index is 346. The molecule has 0 aliphatic carbocycles. The predicted octanol–water partition coefficient (Wildman–Crippen LogP) is -0.780. The van der Waals surface area contributed by atoms with Crippen molar-refractivity contribution in [3.63, 3.8) is 0 Å². The van der Waals surface area contributed by atoms with E-state index in [0.29, 0.717) is 13.1 Å². The zero-order chi connectivity index (χ0) is 13.8. The highest BCUT2D eigenvalue weighted by Gasteiger charge is 2.39. The second kappa shape index (κ2) is 5.88. The number of likely N-dealkylation sites (tertiary alicyclic amines) is 1. The van der Waals surface area contributed by atoms with E-state index in [9.17, 15) is 9.90 Å². The van der Waals surface area contributed by atoms with Gasteiger partial charge in [0.05, 0.1) is 0 Å². The van der Waals surface area contributed by atoms with Crippen LogP contribution in [-0.4, -0.2) is 40.6 Å². The first kappa shape index (κ1) is 14.5. The number of carbonyl (C=O) groups is 1. The van der Waals surface area contributed by atoms with Crippen molar-refractivity contribution in [2.24, 2.45) is 11.5 Å². The summed E-state index contributed by atoms with van der Waals surface area (Å²) in [5.74, 6) is -0.253. The Labute approximate surface area is 107 Å². The number of nitrogens with zero attached hydrogens (tertiary/aromatic N) is 1. The summed E-state index contributed by atoms with van der Waals surface area (Å²) in [6.45, 7) is 6.54. The van der Waals surface area contributed by atoms with Crippen LogP contribution < -0.4 is 16.8 Å². The standard InChI is InChI=1S/C12H22N4O2/c1-9(15-6-5-13)12(2,18)10(14)11(17)16-7-3-4-8-16/h5-6,10,15,18H,1,3-4,7-8,13-14H2,2H3/b6-5-. The van der Waals surface area contributed by atoms with Crippen LogP contribution >= 0.6 is 0 Å². The minimum absolute atomic E-state index is 0.240. The summed E-state index contributed by atoms with van der Waals surface area (Å²) in [6, 6.07) is -1.04. The fourth-order valence-corrected chi connectivity index (χ4v) is 1.86. The number of nitrogens with two attached hydrogens (primary N) is 2. The molecule has 1 aliphatic rings. The van der Waals surface area contributed by atoms with Crippen LogP contribution in [0.15, 0.2) is 24.7 Å². The third kappa shape index (κ3) is 3.02. The van der Waals surface area contributed by atoms with E-state index in [0.717, 1.165) is 12.8 Å². The van der Waals surface area contributed by atoms with Crippen LogP contribution in [-0.2, 0) is 4.79 Å². The molecule has 18 heavy (non-hydrogen) atoms. The van der Waals surface area contributed by atoms with Crippen LogP contribution in [0.25, 0.3) is 0 Å². The summed E-state index contributed by atoms with van der Waals surface area (Å²) in [7, 11) is 0. The predicted molar refractivity (Wildman–Crippen MR) is 70.0 cm³/mol. The molecule has 2 atom stereocenters. The number of amides is 1. The van der Waals surface area contributed by atoms with Gasteiger partial charge in [-0.1, -0.05) is 6.58 Å². The Morgan fingerprint density at radius 2 is 2.11 bits per heavy atom. The van der Waals surface area contributed by atoms with Gasteiger partial charge >= 0.3 is 0 Å². The quantitative estimate of drug-likeness (QED) is 0.515. The molecular weight excluding hydrogens is 232 g/mol. The smallest absolute Gasteiger partial charge is 0.242 e. The molecule has 1 heterocycles. The van der Waals surface area contributed by atoms with Gasteiger partial charge in [0.15, 0.2) is 0 Å². The lowest BCUT2D eigenvalue weighted by molar-refractivity contribution is -0.136. The van der Waals surface area contributed by atoms with Crippen LogP contribution in [0.2, 0.25) is 0 Å². The van der Waals surface area contributed by atoms with Crippen molar-refractivity contribution in [1.82, 2.24) is 10.2 Å². The van der Waals surface area contributed by atoms with E-state index in [4.69, 9.17) is 11.5 Å². The molecule has 0 saturated carbocycles. The molecule has 1 rings (SSSR count). The van der Waals surface area contributed by atoms with Crippen molar-refractivity contribution in [1.29, 1.82) is 0 Å². The van der Waals surface area contributed by atoms with Gasteiger partial charge in [0, 0.05) is 31.2 Å². The molecular formula is C12H22N4O2. The normalized spacial score (nSPS) is 20.7. The largest absolute Gasteiger partial charge is 0.403 e. The van der Waals surface area contributed by atoms with Crippen LogP contribution in [0, 0.1) is 0 Å². The van der Waals surface area contributed by atoms with Crippen molar-refractivity contribution in [3.05, 3.63) is 24.7 Å². The number of hydrogen-bond donors (Lipinski definition) is 4. The van der Waals surface area contributed by atoms with Crippen molar-refractivity contribution < 1.29 is 9.90 Å². The zero-order valence-electron chi connectivity index (χ0n) is 10.7. The Hall–Kier alpha value is -1.53. The lowest BCUT2D eigenvalue weighted by atomic mass is 9.92. The molecule has 0 aromatic rings. The van der Waals surface area contributed by atoms with Gasteiger partial charge in [0.1, 0.15) is 11.6 Å². The topological polar surface area (TPSA) is 105 Å². The molecule has 0 bridgehead atoms. The first-order valence-electron chi connectivity index (χ1n) is 6.00. The maximum absolute atomic E-state index is 12.1. The molecule has 0 spiro atoms. The molecule has 0 aromatic heterocycles. The van der Waals surface area contributed by atoms with Gasteiger partial charge in [-0.3, -0.25) is 4.79 Å². The van der Waals surface area contributed by atoms with Gasteiger partial charge in [-0.2, -0.15) is 0 Å². The second-order valence-electron chi connectivity index (χ2n) is 4.64. The monoisotopic (exact) mass is 254 g/mol. The number of rotatable bonds is 5. The SMILES string of the molecule is C=C(N/C=C\N)C(C)(O)C(N)C(=O)N1CCCC1. The lowest BCUT2D eigenvalue weighted by Crippen LogP contribution is -2.57. The van der Waals surface area contributed by atoms with E-state index in [1.807, 2.05) is 0 Å². The molecule has 1 saturated heterocycles. The first-order valence-corrected chi connectivity index (χ1v) is 6.00. The highest BCUT2D eigenvalue weighted by Crippen LogP contribution is 2.19. The molecule has 2 unspecified atom stereocenters. The zero-order valence-corrected chi connectivity index (χ0v) is 10.7. The number of aliphatic hydroxyl groups is 1. The Balaban J connectivity index is 2.70. The van der Waals surface area contributed by atoms with E-state index in [1.165, 1.54) is 19.3 Å². The molecule has 6 N–H and O–H groups in total. The molecule has 6 nitrogen and oxygen atoms in total. The average molecular weight is 254 g/mol. The fraction of sp³-hybridized carbons (Fsp3) is 0.583. The van der Waals surface area contributed by atoms with Crippen LogP contribution in [0.4, 0.5) is 0 Å². The van der Waals surface area contributed by atoms with E-state index < -0.39 is 11.6 Å². The maximum Gasteiger partial charge on any atom is 0.242 e. The molecule has 1 amide bonds. The average Bonchev–Trinajstić information content (AvgIpc) is 2.87. The third-order valence-corrected chi connectivity index (χ3v) is 3.25. The Morgan fingerprint density at radius 1 is 1.56 bits per heavy atom. The summed E-state index contributed by atoms with van der Waals surface area (Å²) in [6.07, 6.45) is 4.66. The maximum atomic E-state index is 12.1. The minimum atomic E-state index is -1.53. The van der Waals surface area contributed by atoms with E-state index in [-0.39, 0.29) is 11.6 Å². The van der Waals surface area contributed by atoms with Crippen molar-refractivity contribution in [3.8, 4) is 0 Å². The van der Waals surface area contributed by atoms with Gasteiger partial charge in [-0.25, -0.2) is 0 Å².